The van der Waals surface area contributed by atoms with Crippen molar-refractivity contribution >= 4 is 45.2 Å². The molecule has 5 rings (SSSR count). The summed E-state index contributed by atoms with van der Waals surface area (Å²) in [6, 6.07) is 11.7. The predicted octanol–water partition coefficient (Wildman–Crippen LogP) is 6.89. The summed E-state index contributed by atoms with van der Waals surface area (Å²) in [5, 5.41) is 1.07. The van der Waals surface area contributed by atoms with Crippen molar-refractivity contribution in [2.24, 2.45) is 0 Å². The molecule has 2 amide bonds. The van der Waals surface area contributed by atoms with E-state index in [0.29, 0.717) is 22.8 Å². The minimum Gasteiger partial charge on any atom is -0.497 e. The van der Waals surface area contributed by atoms with Gasteiger partial charge in [-0.15, -0.1) is 0 Å². The lowest BCUT2D eigenvalue weighted by molar-refractivity contribution is -0.126. The smallest absolute Gasteiger partial charge is 0.422 e. The van der Waals surface area contributed by atoms with Crippen LogP contribution in [-0.2, 0) is 35.8 Å². The number of fused-ring (bicyclic) bond motifs is 5. The Bertz CT molecular complexity index is 2050. The number of ether oxygens (including phenoxy) is 4. The van der Waals surface area contributed by atoms with Gasteiger partial charge in [-0.2, -0.15) is 12.7 Å². The number of hydrogen-bond acceptors (Lipinski definition) is 9. The van der Waals surface area contributed by atoms with Gasteiger partial charge in [-0.25, -0.2) is 14.3 Å². The normalized spacial score (nSPS) is 15.1. The van der Waals surface area contributed by atoms with Crippen LogP contribution < -0.4 is 9.46 Å². The number of carbonyl (C=O) groups is 3. The van der Waals surface area contributed by atoms with Crippen LogP contribution in [0.4, 0.5) is 4.79 Å². The Morgan fingerprint density at radius 2 is 1.56 bits per heavy atom. The molecule has 13 nitrogen and oxygen atoms in total. The van der Waals surface area contributed by atoms with Gasteiger partial charge in [0, 0.05) is 49.2 Å². The summed E-state index contributed by atoms with van der Waals surface area (Å²) < 4.78 is 52.3. The summed E-state index contributed by atoms with van der Waals surface area (Å²) in [6.45, 7) is 11.1. The van der Waals surface area contributed by atoms with E-state index in [1.165, 1.54) is 19.0 Å². The monoisotopic (exact) mass is 780 g/mol. The number of amides is 2. The molecule has 1 saturated carbocycles. The van der Waals surface area contributed by atoms with Crippen LogP contribution in [0.5, 0.6) is 5.75 Å². The fourth-order valence-corrected chi connectivity index (χ4v) is 7.80. The largest absolute Gasteiger partial charge is 0.497 e. The Hall–Kier alpha value is -4.40. The Kier molecular flexibility index (Phi) is 12.7. The standard InChI is InChI=1S/C41H56N4O9S/c1-40(2,3)53-38(47)28-15-17-33-34(25-28)45-26-30(23-29-24-31(51-9)16-18-32(29)36(45)35(33)27-13-11-10-12-14-27)37(46)43(7)19-21-52-22-20-44(8)55(49,50)42-39(48)54-41(4,5)6/h15-18,23-25,27H,10-14,19-22,26H2,1-9H3,(H,42,48). The SMILES string of the molecule is COc1ccc2c(c1)C=C(C(=O)N(C)CCOCCN(C)S(=O)(=O)NC(=O)OC(C)(C)C)Cn1c-2c(C2CCCCC2)c2ccc(C(=O)OC(C)(C)C)cc21. The molecule has 1 N–H and O–H groups in total. The van der Waals surface area contributed by atoms with Gasteiger partial charge in [-0.3, -0.25) is 4.79 Å². The maximum Gasteiger partial charge on any atom is 0.422 e. The summed E-state index contributed by atoms with van der Waals surface area (Å²) in [5.41, 5.74) is 4.50. The molecule has 1 aliphatic heterocycles. The highest BCUT2D eigenvalue weighted by Gasteiger charge is 2.32. The predicted molar refractivity (Wildman–Crippen MR) is 212 cm³/mol. The van der Waals surface area contributed by atoms with Crippen molar-refractivity contribution in [1.82, 2.24) is 18.5 Å². The molecule has 2 aliphatic rings. The molecule has 2 heterocycles. The highest BCUT2D eigenvalue weighted by atomic mass is 32.2. The molecule has 0 radical (unpaired) electrons. The number of carbonyl (C=O) groups excluding carboxylic acids is 3. The van der Waals surface area contributed by atoms with Crippen LogP contribution in [0.15, 0.2) is 42.0 Å². The first-order valence-electron chi connectivity index (χ1n) is 18.9. The van der Waals surface area contributed by atoms with Gasteiger partial charge >= 0.3 is 22.3 Å². The van der Waals surface area contributed by atoms with Crippen LogP contribution in [-0.4, -0.2) is 98.9 Å². The van der Waals surface area contributed by atoms with Crippen LogP contribution in [0.25, 0.3) is 28.2 Å². The van der Waals surface area contributed by atoms with Crippen LogP contribution in [0.3, 0.4) is 0 Å². The number of aromatic nitrogens is 1. The second-order valence-electron chi connectivity index (χ2n) is 16.3. The summed E-state index contributed by atoms with van der Waals surface area (Å²) in [4.78, 5) is 41.2. The van der Waals surface area contributed by atoms with E-state index in [0.717, 1.165) is 57.7 Å². The first kappa shape index (κ1) is 41.8. The zero-order chi connectivity index (χ0) is 40.3. The van der Waals surface area contributed by atoms with E-state index in [1.807, 2.05) is 61.9 Å². The van der Waals surface area contributed by atoms with Gasteiger partial charge in [0.25, 0.3) is 5.91 Å². The fourth-order valence-electron chi connectivity index (χ4n) is 7.08. The molecular formula is C41H56N4O9S. The number of benzene rings is 2. The van der Waals surface area contributed by atoms with E-state index in [9.17, 15) is 22.8 Å². The van der Waals surface area contributed by atoms with Gasteiger partial charge in [0.1, 0.15) is 17.0 Å². The maximum atomic E-state index is 14.3. The number of likely N-dealkylation sites (N-methyl/N-ethyl adjacent to an activating group) is 2. The van der Waals surface area contributed by atoms with Crippen LogP contribution in [0.2, 0.25) is 0 Å². The second kappa shape index (κ2) is 16.8. The van der Waals surface area contributed by atoms with E-state index >= 15 is 0 Å². The lowest BCUT2D eigenvalue weighted by Crippen LogP contribution is -2.44. The highest BCUT2D eigenvalue weighted by molar-refractivity contribution is 7.87. The first-order valence-corrected chi connectivity index (χ1v) is 20.3. The lowest BCUT2D eigenvalue weighted by Gasteiger charge is -2.24. The molecule has 55 heavy (non-hydrogen) atoms. The van der Waals surface area contributed by atoms with Crippen LogP contribution in [0, 0.1) is 0 Å². The van der Waals surface area contributed by atoms with E-state index < -0.39 is 33.5 Å². The third-order valence-corrected chi connectivity index (χ3v) is 11.1. The highest BCUT2D eigenvalue weighted by Crippen LogP contribution is 2.47. The molecule has 0 atom stereocenters. The number of nitrogens with zero attached hydrogens (tertiary/aromatic N) is 3. The molecular weight excluding hydrogens is 725 g/mol. The van der Waals surface area contributed by atoms with E-state index in [1.54, 1.807) is 39.8 Å². The number of rotatable bonds is 12. The summed E-state index contributed by atoms with van der Waals surface area (Å²) >= 11 is 0. The molecule has 1 aromatic heterocycles. The maximum absolute atomic E-state index is 14.3. The Labute approximate surface area is 325 Å². The minimum atomic E-state index is -4.14. The van der Waals surface area contributed by atoms with Crippen molar-refractivity contribution in [3.63, 3.8) is 0 Å². The van der Waals surface area contributed by atoms with Gasteiger partial charge in [0.05, 0.1) is 38.1 Å². The summed E-state index contributed by atoms with van der Waals surface area (Å²) in [5.74, 6) is 0.398. The summed E-state index contributed by atoms with van der Waals surface area (Å²) in [7, 11) is 0.510. The van der Waals surface area contributed by atoms with Crippen molar-refractivity contribution in [3.05, 3.63) is 58.7 Å². The van der Waals surface area contributed by atoms with Gasteiger partial charge in [0.15, 0.2) is 0 Å². The molecule has 2 aromatic carbocycles. The molecule has 300 valence electrons. The minimum absolute atomic E-state index is 0.0301. The zero-order valence-electron chi connectivity index (χ0n) is 33.6. The van der Waals surface area contributed by atoms with Gasteiger partial charge in [0.2, 0.25) is 0 Å². The van der Waals surface area contributed by atoms with E-state index in [-0.39, 0.29) is 38.8 Å². The molecule has 0 unspecified atom stereocenters. The van der Waals surface area contributed by atoms with Crippen molar-refractivity contribution in [3.8, 4) is 17.0 Å². The van der Waals surface area contributed by atoms with E-state index in [4.69, 9.17) is 18.9 Å². The Morgan fingerprint density at radius 3 is 2.22 bits per heavy atom. The van der Waals surface area contributed by atoms with Crippen molar-refractivity contribution < 1.29 is 41.7 Å². The zero-order valence-corrected chi connectivity index (χ0v) is 34.4. The fraction of sp³-hybridized carbons (Fsp3) is 0.537. The molecule has 14 heteroatoms. The number of esters is 1. The van der Waals surface area contributed by atoms with Crippen molar-refractivity contribution in [2.45, 2.75) is 97.3 Å². The molecule has 0 bridgehead atoms. The van der Waals surface area contributed by atoms with Crippen molar-refractivity contribution in [1.29, 1.82) is 0 Å². The van der Waals surface area contributed by atoms with Gasteiger partial charge < -0.3 is 28.4 Å². The molecule has 0 spiro atoms. The molecule has 0 saturated heterocycles. The number of nitrogens with one attached hydrogen (secondary N) is 1. The molecule has 3 aromatic rings. The third-order valence-electron chi connectivity index (χ3n) is 9.69. The topological polar surface area (TPSA) is 146 Å². The van der Waals surface area contributed by atoms with E-state index in [2.05, 4.69) is 10.6 Å². The van der Waals surface area contributed by atoms with Crippen LogP contribution in [0.1, 0.15) is 101 Å². The van der Waals surface area contributed by atoms with Gasteiger partial charge in [-0.1, -0.05) is 25.3 Å². The third kappa shape index (κ3) is 10.3. The Morgan fingerprint density at radius 1 is 0.891 bits per heavy atom. The van der Waals surface area contributed by atoms with Gasteiger partial charge in [-0.05, 0) is 108 Å². The first-order chi connectivity index (χ1) is 25.8. The van der Waals surface area contributed by atoms with Crippen LogP contribution >= 0.6 is 0 Å². The average molecular weight is 781 g/mol. The number of methoxy groups -OCH3 is 1. The Balaban J connectivity index is 1.39. The quantitative estimate of drug-likeness (QED) is 0.153. The average Bonchev–Trinajstić information content (AvgIpc) is 3.31. The molecule has 1 aliphatic carbocycles. The second-order valence-corrected chi connectivity index (χ2v) is 18.1. The number of hydrogen-bond donors (Lipinski definition) is 1. The molecule has 1 fully saturated rings. The summed E-state index contributed by atoms with van der Waals surface area (Å²) in [6.07, 6.45) is 6.49. The lowest BCUT2D eigenvalue weighted by atomic mass is 9.81. The van der Waals surface area contributed by atoms with Crippen molar-refractivity contribution in [2.75, 3.05) is 47.5 Å².